The SMILES string of the molecule is C[C@H]1CCCC[C@@H]1NC(=O)CCNC(=O)c1ccc(Br)cc1. The van der Waals surface area contributed by atoms with Crippen LogP contribution < -0.4 is 10.6 Å². The van der Waals surface area contributed by atoms with Gasteiger partial charge in [0.1, 0.15) is 0 Å². The van der Waals surface area contributed by atoms with Crippen LogP contribution in [0, 0.1) is 5.92 Å². The van der Waals surface area contributed by atoms with E-state index in [1.807, 2.05) is 12.1 Å². The lowest BCUT2D eigenvalue weighted by Gasteiger charge is -2.29. The van der Waals surface area contributed by atoms with E-state index >= 15 is 0 Å². The molecule has 2 rings (SSSR count). The number of halogens is 1. The maximum Gasteiger partial charge on any atom is 0.251 e. The Morgan fingerprint density at radius 3 is 2.55 bits per heavy atom. The van der Waals surface area contributed by atoms with Gasteiger partial charge in [-0.3, -0.25) is 9.59 Å². The summed E-state index contributed by atoms with van der Waals surface area (Å²) >= 11 is 3.33. The molecule has 2 amide bonds. The third kappa shape index (κ3) is 5.13. The van der Waals surface area contributed by atoms with E-state index in [1.54, 1.807) is 12.1 Å². The molecule has 0 bridgehead atoms. The molecule has 0 aliphatic heterocycles. The van der Waals surface area contributed by atoms with Crippen LogP contribution in [0.3, 0.4) is 0 Å². The summed E-state index contributed by atoms with van der Waals surface area (Å²) in [5.41, 5.74) is 0.601. The Balaban J connectivity index is 1.70. The second-order valence-corrected chi connectivity index (χ2v) is 6.86. The summed E-state index contributed by atoms with van der Waals surface area (Å²) in [5.74, 6) is 0.427. The van der Waals surface area contributed by atoms with Crippen LogP contribution in [0.1, 0.15) is 49.4 Å². The molecule has 0 saturated heterocycles. The van der Waals surface area contributed by atoms with Gasteiger partial charge in [0.2, 0.25) is 5.91 Å². The second kappa shape index (κ2) is 8.32. The highest BCUT2D eigenvalue weighted by atomic mass is 79.9. The van der Waals surface area contributed by atoms with Crippen molar-refractivity contribution < 1.29 is 9.59 Å². The second-order valence-electron chi connectivity index (χ2n) is 5.95. The van der Waals surface area contributed by atoms with Crippen LogP contribution in [-0.4, -0.2) is 24.4 Å². The van der Waals surface area contributed by atoms with Gasteiger partial charge in [-0.1, -0.05) is 35.7 Å². The molecular formula is C17H23BrN2O2. The zero-order chi connectivity index (χ0) is 15.9. The number of hydrogen-bond donors (Lipinski definition) is 2. The van der Waals surface area contributed by atoms with Gasteiger partial charge < -0.3 is 10.6 Å². The zero-order valence-electron chi connectivity index (χ0n) is 12.9. The van der Waals surface area contributed by atoms with Crippen molar-refractivity contribution in [1.29, 1.82) is 0 Å². The molecule has 1 fully saturated rings. The van der Waals surface area contributed by atoms with Crippen molar-refractivity contribution in [2.75, 3.05) is 6.54 Å². The normalized spacial score (nSPS) is 21.2. The van der Waals surface area contributed by atoms with E-state index in [2.05, 4.69) is 33.5 Å². The van der Waals surface area contributed by atoms with E-state index in [9.17, 15) is 9.59 Å². The van der Waals surface area contributed by atoms with Crippen LogP contribution >= 0.6 is 15.9 Å². The minimum Gasteiger partial charge on any atom is -0.353 e. The smallest absolute Gasteiger partial charge is 0.251 e. The number of hydrogen-bond acceptors (Lipinski definition) is 2. The Hall–Kier alpha value is -1.36. The van der Waals surface area contributed by atoms with Gasteiger partial charge in [-0.25, -0.2) is 0 Å². The van der Waals surface area contributed by atoms with Crippen LogP contribution in [0.4, 0.5) is 0 Å². The van der Waals surface area contributed by atoms with Gasteiger partial charge in [0.15, 0.2) is 0 Å². The molecular weight excluding hydrogens is 344 g/mol. The first-order valence-corrected chi connectivity index (χ1v) is 8.68. The predicted octanol–water partition coefficient (Wildman–Crippen LogP) is 3.26. The fraction of sp³-hybridized carbons (Fsp3) is 0.529. The van der Waals surface area contributed by atoms with Crippen molar-refractivity contribution in [2.45, 2.75) is 45.1 Å². The average Bonchev–Trinajstić information content (AvgIpc) is 2.50. The standard InChI is InChI=1S/C17H23BrN2O2/c1-12-4-2-3-5-15(12)20-16(21)10-11-19-17(22)13-6-8-14(18)9-7-13/h6-9,12,15H,2-5,10-11H2,1H3,(H,19,22)(H,20,21)/t12-,15-/m0/s1. The Kier molecular flexibility index (Phi) is 6.43. The topological polar surface area (TPSA) is 58.2 Å². The summed E-state index contributed by atoms with van der Waals surface area (Å²) in [5, 5.41) is 5.88. The minimum absolute atomic E-state index is 0.0230. The highest BCUT2D eigenvalue weighted by molar-refractivity contribution is 9.10. The van der Waals surface area contributed by atoms with Crippen molar-refractivity contribution in [3.8, 4) is 0 Å². The maximum atomic E-state index is 12.0. The fourth-order valence-electron chi connectivity index (χ4n) is 2.80. The van der Waals surface area contributed by atoms with Crippen molar-refractivity contribution in [1.82, 2.24) is 10.6 Å². The molecule has 1 saturated carbocycles. The summed E-state index contributed by atoms with van der Waals surface area (Å²) in [6.07, 6.45) is 5.03. The number of carbonyl (C=O) groups excluding carboxylic acids is 2. The Bertz CT molecular complexity index is 516. The van der Waals surface area contributed by atoms with Crippen LogP contribution in [0.2, 0.25) is 0 Å². The van der Waals surface area contributed by atoms with Gasteiger partial charge in [-0.15, -0.1) is 0 Å². The average molecular weight is 367 g/mol. The number of rotatable bonds is 5. The maximum absolute atomic E-state index is 12.0. The molecule has 22 heavy (non-hydrogen) atoms. The molecule has 0 radical (unpaired) electrons. The first-order valence-electron chi connectivity index (χ1n) is 7.89. The molecule has 5 heteroatoms. The summed E-state index contributed by atoms with van der Waals surface area (Å²) in [6, 6.07) is 7.45. The summed E-state index contributed by atoms with van der Waals surface area (Å²) in [7, 11) is 0. The predicted molar refractivity (Wildman–Crippen MR) is 90.7 cm³/mol. The zero-order valence-corrected chi connectivity index (χ0v) is 14.5. The van der Waals surface area contributed by atoms with E-state index in [0.29, 0.717) is 30.5 Å². The van der Waals surface area contributed by atoms with Gasteiger partial charge in [0, 0.05) is 29.0 Å². The molecule has 1 aliphatic rings. The Morgan fingerprint density at radius 2 is 1.86 bits per heavy atom. The molecule has 0 unspecified atom stereocenters. The summed E-state index contributed by atoms with van der Waals surface area (Å²) in [4.78, 5) is 23.9. The number of carbonyl (C=O) groups is 2. The fourth-order valence-corrected chi connectivity index (χ4v) is 3.07. The van der Waals surface area contributed by atoms with Crippen LogP contribution in [0.5, 0.6) is 0 Å². The quantitative estimate of drug-likeness (QED) is 0.839. The number of nitrogens with one attached hydrogen (secondary N) is 2. The molecule has 0 heterocycles. The van der Waals surface area contributed by atoms with Gasteiger partial charge in [-0.05, 0) is 43.0 Å². The van der Waals surface area contributed by atoms with Crippen LogP contribution in [-0.2, 0) is 4.79 Å². The number of amides is 2. The summed E-state index contributed by atoms with van der Waals surface area (Å²) < 4.78 is 0.935. The third-order valence-electron chi connectivity index (χ3n) is 4.20. The first-order chi connectivity index (χ1) is 10.6. The van der Waals surface area contributed by atoms with E-state index in [1.165, 1.54) is 19.3 Å². The molecule has 2 atom stereocenters. The molecule has 120 valence electrons. The van der Waals surface area contributed by atoms with Crippen molar-refractivity contribution in [3.05, 3.63) is 34.3 Å². The highest BCUT2D eigenvalue weighted by Crippen LogP contribution is 2.23. The lowest BCUT2D eigenvalue weighted by atomic mass is 9.86. The van der Waals surface area contributed by atoms with Gasteiger partial charge in [0.25, 0.3) is 5.91 Å². The molecule has 0 aromatic heterocycles. The number of benzene rings is 1. The van der Waals surface area contributed by atoms with E-state index < -0.39 is 0 Å². The van der Waals surface area contributed by atoms with E-state index in [0.717, 1.165) is 10.9 Å². The van der Waals surface area contributed by atoms with Crippen molar-refractivity contribution >= 4 is 27.7 Å². The van der Waals surface area contributed by atoms with E-state index in [4.69, 9.17) is 0 Å². The Labute approximate surface area is 140 Å². The van der Waals surface area contributed by atoms with Crippen LogP contribution in [0.25, 0.3) is 0 Å². The monoisotopic (exact) mass is 366 g/mol. The molecule has 0 spiro atoms. The van der Waals surface area contributed by atoms with Crippen LogP contribution in [0.15, 0.2) is 28.7 Å². The molecule has 1 aliphatic carbocycles. The molecule has 4 nitrogen and oxygen atoms in total. The van der Waals surface area contributed by atoms with Crippen molar-refractivity contribution in [3.63, 3.8) is 0 Å². The lowest BCUT2D eigenvalue weighted by molar-refractivity contribution is -0.122. The first kappa shape index (κ1) is 17.0. The van der Waals surface area contributed by atoms with Gasteiger partial charge >= 0.3 is 0 Å². The third-order valence-corrected chi connectivity index (χ3v) is 4.73. The summed E-state index contributed by atoms with van der Waals surface area (Å²) in [6.45, 7) is 2.56. The molecule has 2 N–H and O–H groups in total. The lowest BCUT2D eigenvalue weighted by Crippen LogP contribution is -2.42. The van der Waals surface area contributed by atoms with E-state index in [-0.39, 0.29) is 11.8 Å². The van der Waals surface area contributed by atoms with Gasteiger partial charge in [-0.2, -0.15) is 0 Å². The van der Waals surface area contributed by atoms with Crippen molar-refractivity contribution in [2.24, 2.45) is 5.92 Å². The Morgan fingerprint density at radius 1 is 1.18 bits per heavy atom. The molecule has 1 aromatic rings. The van der Waals surface area contributed by atoms with Gasteiger partial charge in [0.05, 0.1) is 0 Å². The minimum atomic E-state index is -0.147. The largest absolute Gasteiger partial charge is 0.353 e. The highest BCUT2D eigenvalue weighted by Gasteiger charge is 2.22. The molecule has 1 aromatic carbocycles.